The summed E-state index contributed by atoms with van der Waals surface area (Å²) in [6, 6.07) is 1.15. The van der Waals surface area contributed by atoms with Crippen molar-refractivity contribution in [1.29, 1.82) is 0 Å². The first kappa shape index (κ1) is 19.1. The van der Waals surface area contributed by atoms with Crippen LogP contribution in [0.1, 0.15) is 12.8 Å². The number of H-pyrrole nitrogens is 1. The number of hydrogen-bond donors (Lipinski definition) is 3. The van der Waals surface area contributed by atoms with Gasteiger partial charge in [0.2, 0.25) is 0 Å². The molecule has 1 aliphatic heterocycles. The van der Waals surface area contributed by atoms with Gasteiger partial charge in [0.15, 0.2) is 17.4 Å². The van der Waals surface area contributed by atoms with Crippen LogP contribution in [0.25, 0.3) is 21.9 Å². The summed E-state index contributed by atoms with van der Waals surface area (Å²) in [5, 5.41) is 3.40. The summed E-state index contributed by atoms with van der Waals surface area (Å²) < 4.78 is 35.3. The lowest BCUT2D eigenvalue weighted by molar-refractivity contribution is 0.439. The smallest absolute Gasteiger partial charge is 0.326 e. The summed E-state index contributed by atoms with van der Waals surface area (Å²) in [4.78, 5) is 22.0. The van der Waals surface area contributed by atoms with Crippen molar-refractivity contribution >= 4 is 33.4 Å². The van der Waals surface area contributed by atoms with Crippen LogP contribution in [0.3, 0.4) is 0 Å². The summed E-state index contributed by atoms with van der Waals surface area (Å²) in [6.45, 7) is 1.25. The van der Waals surface area contributed by atoms with Crippen LogP contribution in [0, 0.1) is 17.0 Å². The maximum atomic E-state index is 15.1. The Balaban J connectivity index is 1.60. The monoisotopic (exact) mass is 438 g/mol. The molecule has 2 fully saturated rings. The molecule has 0 radical (unpaired) electrons. The molecule has 4 aromatic rings. The minimum atomic E-state index is -0.954. The lowest BCUT2D eigenvalue weighted by atomic mass is 10.0. The number of aromatic amines is 1. The summed E-state index contributed by atoms with van der Waals surface area (Å²) in [5.41, 5.74) is 7.62. The van der Waals surface area contributed by atoms with Gasteiger partial charge in [-0.3, -0.25) is 0 Å². The van der Waals surface area contributed by atoms with Gasteiger partial charge in [0.1, 0.15) is 17.8 Å². The van der Waals surface area contributed by atoms with E-state index in [0.29, 0.717) is 46.9 Å². The van der Waals surface area contributed by atoms with E-state index in [2.05, 4.69) is 30.2 Å². The number of aromatic nitrogens is 5. The number of ether oxygens (including phenoxy) is 1. The van der Waals surface area contributed by atoms with Gasteiger partial charge in [0, 0.05) is 37.7 Å². The van der Waals surface area contributed by atoms with Gasteiger partial charge < -0.3 is 25.7 Å². The number of nitrogens with two attached hydrogens (primary N) is 1. The van der Waals surface area contributed by atoms with Crippen LogP contribution in [0.15, 0.2) is 24.8 Å². The van der Waals surface area contributed by atoms with Crippen molar-refractivity contribution < 1.29 is 13.5 Å². The van der Waals surface area contributed by atoms with E-state index in [1.807, 2.05) is 4.90 Å². The molecule has 1 atom stereocenters. The minimum absolute atomic E-state index is 0.0148. The third-order valence-electron chi connectivity index (χ3n) is 6.50. The summed E-state index contributed by atoms with van der Waals surface area (Å²) in [6.07, 6.45) is 6.46. The molecule has 4 heterocycles. The Morgan fingerprint density at radius 1 is 1.22 bits per heavy atom. The number of halogens is 2. The topological polar surface area (TPSA) is 118 Å². The summed E-state index contributed by atoms with van der Waals surface area (Å²) in [7, 11) is 1.64. The Morgan fingerprint density at radius 3 is 2.69 bits per heavy atom. The van der Waals surface area contributed by atoms with Gasteiger partial charge in [0.25, 0.3) is 0 Å². The van der Waals surface area contributed by atoms with Gasteiger partial charge >= 0.3 is 6.01 Å². The number of fused-ring (bicyclic) bond motifs is 3. The van der Waals surface area contributed by atoms with Crippen molar-refractivity contribution in [3.8, 4) is 11.8 Å². The fourth-order valence-corrected chi connectivity index (χ4v) is 4.62. The van der Waals surface area contributed by atoms with E-state index in [9.17, 15) is 4.39 Å². The largest absolute Gasteiger partial charge is 0.421 e. The third-order valence-corrected chi connectivity index (χ3v) is 6.50. The van der Waals surface area contributed by atoms with Gasteiger partial charge in [-0.05, 0) is 12.8 Å². The van der Waals surface area contributed by atoms with Crippen molar-refractivity contribution in [3.63, 3.8) is 0 Å². The third kappa shape index (κ3) is 2.77. The maximum Gasteiger partial charge on any atom is 0.326 e. The van der Waals surface area contributed by atoms with E-state index in [0.717, 1.165) is 18.9 Å². The molecular weight excluding hydrogens is 418 g/mol. The van der Waals surface area contributed by atoms with Crippen LogP contribution < -0.4 is 20.7 Å². The lowest BCUT2D eigenvalue weighted by Gasteiger charge is -2.19. The second-order valence-electron chi connectivity index (χ2n) is 8.42. The van der Waals surface area contributed by atoms with Crippen LogP contribution in [-0.4, -0.2) is 51.1 Å². The summed E-state index contributed by atoms with van der Waals surface area (Å²) >= 11 is 0. The molecule has 3 aromatic heterocycles. The quantitative estimate of drug-likeness (QED) is 0.445. The molecule has 1 saturated heterocycles. The highest BCUT2D eigenvalue weighted by Crippen LogP contribution is 2.53. The van der Waals surface area contributed by atoms with E-state index >= 15 is 4.39 Å². The van der Waals surface area contributed by atoms with E-state index in [-0.39, 0.29) is 22.9 Å². The molecule has 1 saturated carbocycles. The molecule has 2 aliphatic rings. The summed E-state index contributed by atoms with van der Waals surface area (Å²) in [5.74, 6) is -1.09. The van der Waals surface area contributed by atoms with E-state index in [4.69, 9.17) is 10.5 Å². The first-order chi connectivity index (χ1) is 15.5. The lowest BCUT2D eigenvalue weighted by Crippen LogP contribution is -2.30. The number of benzene rings is 1. The van der Waals surface area contributed by atoms with Crippen LogP contribution >= 0.6 is 0 Å². The second kappa shape index (κ2) is 6.70. The zero-order chi connectivity index (χ0) is 22.0. The highest BCUT2D eigenvalue weighted by molar-refractivity contribution is 6.15. The number of anilines is 2. The predicted molar refractivity (Wildman–Crippen MR) is 115 cm³/mol. The number of nitrogens with zero attached hydrogens (tertiary/aromatic N) is 5. The first-order valence-electron chi connectivity index (χ1n) is 10.3. The van der Waals surface area contributed by atoms with Crippen LogP contribution in [0.5, 0.6) is 11.8 Å². The first-order valence-corrected chi connectivity index (χ1v) is 10.3. The fourth-order valence-electron chi connectivity index (χ4n) is 4.62. The van der Waals surface area contributed by atoms with Crippen molar-refractivity contribution in [2.45, 2.75) is 18.9 Å². The van der Waals surface area contributed by atoms with Gasteiger partial charge in [-0.15, -0.1) is 0 Å². The Hall–Kier alpha value is -3.60. The molecule has 0 unspecified atom stereocenters. The zero-order valence-corrected chi connectivity index (χ0v) is 17.2. The fraction of sp³-hybridized carbons (Fsp3) is 0.333. The molecule has 0 bridgehead atoms. The van der Waals surface area contributed by atoms with E-state index in [1.165, 1.54) is 18.7 Å². The number of nitrogens with one attached hydrogen (secondary N) is 2. The molecule has 1 aliphatic carbocycles. The van der Waals surface area contributed by atoms with Crippen LogP contribution in [0.2, 0.25) is 0 Å². The average molecular weight is 438 g/mol. The number of rotatable bonds is 4. The molecule has 4 N–H and O–H groups in total. The van der Waals surface area contributed by atoms with Gasteiger partial charge in [-0.25, -0.2) is 18.7 Å². The van der Waals surface area contributed by atoms with Crippen molar-refractivity contribution in [2.75, 3.05) is 30.4 Å². The standard InChI is InChI=1S/C21H20F2N8O/c1-25-12-4-11(22)16(23)14-15-18(28-17(12)14)29-20(32-10-5-26-9-27-6-10)30-19(15)31-7-13(24)21(8-31)2-3-21/h4-6,9,13,25H,2-3,7-8,24H2,1H3,(H,28,29,30)/t13-/m0/s1. The SMILES string of the molecule is CNc1cc(F)c(F)c2c1[nH]c1nc(Oc3cncnc3)nc(N3C[C@H](N)C4(CC4)C3)c12. The van der Waals surface area contributed by atoms with Crippen LogP contribution in [0.4, 0.5) is 20.3 Å². The van der Waals surface area contributed by atoms with E-state index < -0.39 is 11.6 Å². The number of hydrogen-bond acceptors (Lipinski definition) is 8. The maximum absolute atomic E-state index is 15.1. The molecule has 1 spiro atoms. The average Bonchev–Trinajstić information content (AvgIpc) is 3.36. The molecule has 9 nitrogen and oxygen atoms in total. The van der Waals surface area contributed by atoms with Gasteiger partial charge in [0.05, 0.1) is 34.4 Å². The van der Waals surface area contributed by atoms with Crippen molar-refractivity contribution in [2.24, 2.45) is 11.1 Å². The Kier molecular flexibility index (Phi) is 4.00. The van der Waals surface area contributed by atoms with Gasteiger partial charge in [-0.2, -0.15) is 9.97 Å². The second-order valence-corrected chi connectivity index (χ2v) is 8.42. The van der Waals surface area contributed by atoms with E-state index in [1.54, 1.807) is 7.05 Å². The van der Waals surface area contributed by atoms with Crippen molar-refractivity contribution in [3.05, 3.63) is 36.4 Å². The highest BCUT2D eigenvalue weighted by atomic mass is 19.2. The Morgan fingerprint density at radius 2 is 2.00 bits per heavy atom. The van der Waals surface area contributed by atoms with Crippen LogP contribution in [-0.2, 0) is 0 Å². The minimum Gasteiger partial charge on any atom is -0.421 e. The predicted octanol–water partition coefficient (Wildman–Crippen LogP) is 2.94. The molecular formula is C21H20F2N8O. The zero-order valence-electron chi connectivity index (χ0n) is 17.2. The van der Waals surface area contributed by atoms with Gasteiger partial charge in [-0.1, -0.05) is 0 Å². The Labute approximate surface area is 181 Å². The molecule has 164 valence electrons. The highest BCUT2D eigenvalue weighted by Gasteiger charge is 2.54. The molecule has 32 heavy (non-hydrogen) atoms. The molecule has 0 amide bonds. The van der Waals surface area contributed by atoms with Crippen molar-refractivity contribution in [1.82, 2.24) is 24.9 Å². The molecule has 1 aromatic carbocycles. The molecule has 6 rings (SSSR count). The normalized spacial score (nSPS) is 19.2. The Bertz CT molecular complexity index is 1350. The molecule has 11 heteroatoms.